The molecule has 3 nitrogen and oxygen atoms in total. The summed E-state index contributed by atoms with van der Waals surface area (Å²) in [6.07, 6.45) is -1.01. The zero-order chi connectivity index (χ0) is 7.28. The molecule has 0 saturated heterocycles. The van der Waals surface area contributed by atoms with Gasteiger partial charge in [0.25, 0.3) is 0 Å². The first-order valence-corrected chi connectivity index (χ1v) is 3.08. The van der Waals surface area contributed by atoms with Crippen molar-refractivity contribution in [1.29, 1.82) is 0 Å². The summed E-state index contributed by atoms with van der Waals surface area (Å²) >= 11 is 4.54. The molecule has 0 bridgehead atoms. The van der Waals surface area contributed by atoms with Crippen LogP contribution in [0.3, 0.4) is 0 Å². The van der Waals surface area contributed by atoms with Gasteiger partial charge in [-0.3, -0.25) is 0 Å². The molecule has 2 N–H and O–H groups in total. The zero-order valence-electron chi connectivity index (χ0n) is 5.20. The van der Waals surface area contributed by atoms with E-state index < -0.39 is 6.10 Å². The van der Waals surface area contributed by atoms with Crippen molar-refractivity contribution in [2.75, 3.05) is 13.2 Å². The minimum atomic E-state index is -1.01. The van der Waals surface area contributed by atoms with Crippen molar-refractivity contribution < 1.29 is 14.9 Å². The quantitative estimate of drug-likeness (QED) is 0.542. The molecule has 0 spiro atoms. The molecule has 0 aromatic heterocycles. The van der Waals surface area contributed by atoms with Crippen LogP contribution in [0.15, 0.2) is 0 Å². The second kappa shape index (κ2) is 4.67. The highest BCUT2D eigenvalue weighted by atomic mass is 32.1. The number of hydrogen-bond acceptors (Lipinski definition) is 4. The van der Waals surface area contributed by atoms with Gasteiger partial charge in [0, 0.05) is 0 Å². The molecule has 0 rings (SSSR count). The van der Waals surface area contributed by atoms with E-state index in [1.807, 2.05) is 0 Å². The Labute approximate surface area is 59.3 Å². The van der Waals surface area contributed by atoms with E-state index in [2.05, 4.69) is 12.2 Å². The van der Waals surface area contributed by atoms with E-state index in [1.54, 1.807) is 6.92 Å². The Hall–Kier alpha value is -0.190. The Morgan fingerprint density at radius 2 is 2.33 bits per heavy atom. The predicted molar refractivity (Wildman–Crippen MR) is 37.3 cm³/mol. The summed E-state index contributed by atoms with van der Waals surface area (Å²) in [6, 6.07) is 0. The molecule has 4 heteroatoms. The van der Waals surface area contributed by atoms with Crippen molar-refractivity contribution >= 4 is 17.3 Å². The summed E-state index contributed by atoms with van der Waals surface area (Å²) in [5.74, 6) is 0. The largest absolute Gasteiger partial charge is 0.485 e. The van der Waals surface area contributed by atoms with E-state index in [4.69, 9.17) is 14.9 Å². The van der Waals surface area contributed by atoms with E-state index in [-0.39, 0.29) is 11.7 Å². The zero-order valence-corrected chi connectivity index (χ0v) is 6.02. The van der Waals surface area contributed by atoms with E-state index in [0.717, 1.165) is 0 Å². The van der Waals surface area contributed by atoms with Crippen molar-refractivity contribution in [2.45, 2.75) is 13.0 Å². The highest BCUT2D eigenvalue weighted by Gasteiger charge is 2.08. The van der Waals surface area contributed by atoms with Gasteiger partial charge in [0.2, 0.25) is 0 Å². The normalized spacial score (nSPS) is 12.8. The molecule has 0 radical (unpaired) electrons. The second-order valence-electron chi connectivity index (χ2n) is 1.45. The minimum absolute atomic E-state index is 0.0556. The summed E-state index contributed by atoms with van der Waals surface area (Å²) in [4.78, 5) is 0. The number of rotatable bonds is 3. The fourth-order valence-corrected chi connectivity index (χ4v) is 0.505. The van der Waals surface area contributed by atoms with Gasteiger partial charge in [-0.15, -0.1) is 0 Å². The van der Waals surface area contributed by atoms with Gasteiger partial charge in [0.05, 0.1) is 13.2 Å². The molecule has 1 atom stereocenters. The van der Waals surface area contributed by atoms with Crippen LogP contribution in [-0.2, 0) is 4.74 Å². The average molecular weight is 150 g/mol. The predicted octanol–water partition coefficient (Wildman–Crippen LogP) is -0.296. The monoisotopic (exact) mass is 150 g/mol. The molecule has 0 aromatic rings. The summed E-state index contributed by atoms with van der Waals surface area (Å²) in [6.45, 7) is 1.81. The molecule has 54 valence electrons. The topological polar surface area (TPSA) is 49.7 Å². The smallest absolute Gasteiger partial charge is 0.190 e. The molecular formula is C5H10O3S. The molecule has 0 aliphatic carbocycles. The van der Waals surface area contributed by atoms with Crippen LogP contribution in [-0.4, -0.2) is 34.6 Å². The van der Waals surface area contributed by atoms with E-state index in [0.29, 0.717) is 6.61 Å². The molecule has 0 heterocycles. The van der Waals surface area contributed by atoms with Crippen molar-refractivity contribution in [3.8, 4) is 0 Å². The molecule has 0 saturated carbocycles. The molecule has 0 aromatic carbocycles. The number of hydrogen-bond donors (Lipinski definition) is 2. The van der Waals surface area contributed by atoms with Crippen LogP contribution in [0, 0.1) is 0 Å². The number of ether oxygens (including phenoxy) is 1. The lowest BCUT2D eigenvalue weighted by Gasteiger charge is -2.07. The number of thiocarbonyl (C=S) groups is 1. The summed E-state index contributed by atoms with van der Waals surface area (Å²) in [5, 5.41) is 17.1. The summed E-state index contributed by atoms with van der Waals surface area (Å²) < 4.78 is 4.72. The maximum atomic E-state index is 8.74. The maximum absolute atomic E-state index is 8.74. The van der Waals surface area contributed by atoms with Crippen molar-refractivity contribution in [1.82, 2.24) is 0 Å². The van der Waals surface area contributed by atoms with Crippen LogP contribution in [0.1, 0.15) is 6.92 Å². The summed E-state index contributed by atoms with van der Waals surface area (Å²) in [7, 11) is 0. The van der Waals surface area contributed by atoms with Crippen LogP contribution < -0.4 is 0 Å². The highest BCUT2D eigenvalue weighted by molar-refractivity contribution is 7.80. The third-order valence-corrected chi connectivity index (χ3v) is 1.12. The lowest BCUT2D eigenvalue weighted by atomic mass is 10.4. The standard InChI is InChI=1S/C5H10O3S/c1-2-8-5(9)4(7)3-6/h4,6-7H,2-3H2,1H3. The van der Waals surface area contributed by atoms with Gasteiger partial charge < -0.3 is 14.9 Å². The molecule has 0 fully saturated rings. The molecule has 0 aliphatic rings. The SMILES string of the molecule is CCOC(=S)C(O)CO. The lowest BCUT2D eigenvalue weighted by molar-refractivity contribution is 0.123. The first kappa shape index (κ1) is 8.81. The molecule has 0 amide bonds. The second-order valence-corrected chi connectivity index (χ2v) is 1.85. The van der Waals surface area contributed by atoms with E-state index >= 15 is 0 Å². The van der Waals surface area contributed by atoms with Crippen LogP contribution >= 0.6 is 12.2 Å². The van der Waals surface area contributed by atoms with Crippen LogP contribution in [0.5, 0.6) is 0 Å². The van der Waals surface area contributed by atoms with Gasteiger partial charge in [-0.25, -0.2) is 0 Å². The van der Waals surface area contributed by atoms with Crippen molar-refractivity contribution in [2.24, 2.45) is 0 Å². The molecule has 9 heavy (non-hydrogen) atoms. The number of aliphatic hydroxyl groups excluding tert-OH is 2. The maximum Gasteiger partial charge on any atom is 0.190 e. The first-order valence-electron chi connectivity index (χ1n) is 2.68. The van der Waals surface area contributed by atoms with Gasteiger partial charge >= 0.3 is 0 Å². The van der Waals surface area contributed by atoms with Crippen LogP contribution in [0.4, 0.5) is 0 Å². The third kappa shape index (κ3) is 3.40. The Morgan fingerprint density at radius 1 is 1.78 bits per heavy atom. The Kier molecular flexibility index (Phi) is 4.57. The Balaban J connectivity index is 3.46. The average Bonchev–Trinajstić information content (AvgIpc) is 1.87. The fourth-order valence-electron chi connectivity index (χ4n) is 0.313. The highest BCUT2D eigenvalue weighted by Crippen LogP contribution is 1.89. The molecular weight excluding hydrogens is 140 g/mol. The Bertz CT molecular complexity index is 94.2. The van der Waals surface area contributed by atoms with Crippen LogP contribution in [0.2, 0.25) is 0 Å². The molecule has 1 unspecified atom stereocenters. The third-order valence-electron chi connectivity index (χ3n) is 0.732. The van der Waals surface area contributed by atoms with Gasteiger partial charge in [-0.2, -0.15) is 0 Å². The first-order chi connectivity index (χ1) is 4.22. The fraction of sp³-hybridized carbons (Fsp3) is 0.800. The minimum Gasteiger partial charge on any atom is -0.485 e. The van der Waals surface area contributed by atoms with Crippen molar-refractivity contribution in [3.63, 3.8) is 0 Å². The van der Waals surface area contributed by atoms with Gasteiger partial charge in [-0.05, 0) is 19.1 Å². The van der Waals surface area contributed by atoms with Gasteiger partial charge in [0.15, 0.2) is 5.05 Å². The lowest BCUT2D eigenvalue weighted by Crippen LogP contribution is -2.24. The van der Waals surface area contributed by atoms with Crippen LogP contribution in [0.25, 0.3) is 0 Å². The number of aliphatic hydroxyl groups is 2. The summed E-state index contributed by atoms with van der Waals surface area (Å²) in [5.41, 5.74) is 0. The van der Waals surface area contributed by atoms with Crippen molar-refractivity contribution in [3.05, 3.63) is 0 Å². The van der Waals surface area contributed by atoms with Gasteiger partial charge in [-0.1, -0.05) is 0 Å². The van der Waals surface area contributed by atoms with E-state index in [1.165, 1.54) is 0 Å². The molecule has 0 aliphatic heterocycles. The Morgan fingerprint density at radius 3 is 2.67 bits per heavy atom. The van der Waals surface area contributed by atoms with Gasteiger partial charge in [0.1, 0.15) is 6.10 Å². The van der Waals surface area contributed by atoms with E-state index in [9.17, 15) is 0 Å².